The zero-order chi connectivity index (χ0) is 22.6. The number of aryl methyl sites for hydroxylation is 1. The minimum atomic E-state index is -4.45. The summed E-state index contributed by atoms with van der Waals surface area (Å²) in [4.78, 5) is 10.8. The van der Waals surface area contributed by atoms with Crippen LogP contribution in [0, 0.1) is 11.8 Å². The largest absolute Gasteiger partial charge is 0.508 e. The molecule has 0 amide bonds. The molecule has 31 heavy (non-hydrogen) atoms. The Balaban J connectivity index is 2.32. The Kier molecular flexibility index (Phi) is 6.59. The van der Waals surface area contributed by atoms with Gasteiger partial charge >= 0.3 is 6.18 Å². The molecule has 0 bridgehead atoms. The quantitative estimate of drug-likeness (QED) is 0.323. The summed E-state index contributed by atoms with van der Waals surface area (Å²) in [5.41, 5.74) is 3.25. The van der Waals surface area contributed by atoms with Crippen molar-refractivity contribution < 1.29 is 18.3 Å². The van der Waals surface area contributed by atoms with E-state index in [2.05, 4.69) is 5.18 Å². The number of benzene rings is 3. The Morgan fingerprint density at radius 1 is 0.903 bits per heavy atom. The van der Waals surface area contributed by atoms with Gasteiger partial charge in [0.15, 0.2) is 0 Å². The maximum Gasteiger partial charge on any atom is 0.416 e. The van der Waals surface area contributed by atoms with Gasteiger partial charge in [-0.3, -0.25) is 0 Å². The fraction of sp³-hybridized carbons (Fsp3) is 0.200. The van der Waals surface area contributed by atoms with E-state index in [-0.39, 0.29) is 17.0 Å². The van der Waals surface area contributed by atoms with E-state index >= 15 is 0 Å². The number of halogens is 3. The van der Waals surface area contributed by atoms with Crippen molar-refractivity contribution in [3.8, 4) is 5.75 Å². The van der Waals surface area contributed by atoms with Crippen LogP contribution in [-0.2, 0) is 6.18 Å². The Bertz CT molecular complexity index is 1100. The van der Waals surface area contributed by atoms with E-state index in [1.165, 1.54) is 31.2 Å². The van der Waals surface area contributed by atoms with Crippen LogP contribution in [0.1, 0.15) is 47.6 Å². The second-order valence-corrected chi connectivity index (χ2v) is 7.32. The molecule has 0 heterocycles. The minimum Gasteiger partial charge on any atom is -0.508 e. The molecule has 0 saturated carbocycles. The molecule has 0 fully saturated rings. The van der Waals surface area contributed by atoms with Gasteiger partial charge in [0.1, 0.15) is 11.4 Å². The van der Waals surface area contributed by atoms with E-state index in [0.717, 1.165) is 28.7 Å². The standard InChI is InChI=1S/C25H22F3NO2/c1-3-4-22(19-6-5-16(2)23(15-19)25(26,27)28)24(18-9-13-21(30)14-10-18)17-7-11-20(29-31)12-8-17/h5-15,30H,3-4H2,1-2H3/b24-22+. The third-order valence-electron chi connectivity index (χ3n) is 5.11. The molecule has 0 aliphatic rings. The van der Waals surface area contributed by atoms with Crippen molar-refractivity contribution in [3.63, 3.8) is 0 Å². The molecule has 6 heteroatoms. The Labute approximate surface area is 178 Å². The fourth-order valence-electron chi connectivity index (χ4n) is 3.61. The summed E-state index contributed by atoms with van der Waals surface area (Å²) in [6.45, 7) is 3.41. The summed E-state index contributed by atoms with van der Waals surface area (Å²) < 4.78 is 40.7. The Morgan fingerprint density at radius 2 is 1.45 bits per heavy atom. The number of phenols is 1. The van der Waals surface area contributed by atoms with Crippen molar-refractivity contribution in [2.24, 2.45) is 5.18 Å². The number of alkyl halides is 3. The first-order chi connectivity index (χ1) is 14.7. The molecule has 1 N–H and O–H groups in total. The highest BCUT2D eigenvalue weighted by Crippen LogP contribution is 2.39. The van der Waals surface area contributed by atoms with Crippen LogP contribution in [0.4, 0.5) is 18.9 Å². The zero-order valence-electron chi connectivity index (χ0n) is 17.2. The molecule has 0 spiro atoms. The predicted molar refractivity (Wildman–Crippen MR) is 117 cm³/mol. The minimum absolute atomic E-state index is 0.0929. The average Bonchev–Trinajstić information content (AvgIpc) is 2.75. The van der Waals surface area contributed by atoms with Crippen LogP contribution >= 0.6 is 0 Å². The molecule has 0 aliphatic heterocycles. The average molecular weight is 425 g/mol. The summed E-state index contributed by atoms with van der Waals surface area (Å²) in [5, 5.41) is 12.6. The summed E-state index contributed by atoms with van der Waals surface area (Å²) in [6, 6.07) is 17.5. The van der Waals surface area contributed by atoms with Gasteiger partial charge in [0, 0.05) is 0 Å². The second-order valence-electron chi connectivity index (χ2n) is 7.32. The van der Waals surface area contributed by atoms with Gasteiger partial charge in [-0.05, 0) is 82.3 Å². The van der Waals surface area contributed by atoms with Crippen LogP contribution in [0.25, 0.3) is 11.1 Å². The lowest BCUT2D eigenvalue weighted by molar-refractivity contribution is -0.138. The molecule has 3 aromatic carbocycles. The highest BCUT2D eigenvalue weighted by molar-refractivity contribution is 5.99. The van der Waals surface area contributed by atoms with Crippen LogP contribution in [0.15, 0.2) is 71.9 Å². The SMILES string of the molecule is CCC/C(=C(\c1ccc(O)cc1)c1ccc(N=O)cc1)c1ccc(C)c(C(F)(F)F)c1. The number of allylic oxidation sites excluding steroid dienone is 1. The first kappa shape index (κ1) is 22.3. The number of phenolic OH excluding ortho intramolecular Hbond substituents is 1. The van der Waals surface area contributed by atoms with Crippen molar-refractivity contribution in [3.05, 3.63) is 99.5 Å². The van der Waals surface area contributed by atoms with E-state index in [1.54, 1.807) is 42.5 Å². The first-order valence-electron chi connectivity index (χ1n) is 9.89. The topological polar surface area (TPSA) is 49.7 Å². The Hall–Kier alpha value is -3.41. The smallest absolute Gasteiger partial charge is 0.416 e. The van der Waals surface area contributed by atoms with E-state index in [1.807, 2.05) is 6.92 Å². The molecule has 0 radical (unpaired) electrons. The van der Waals surface area contributed by atoms with Gasteiger partial charge in [-0.15, -0.1) is 4.91 Å². The van der Waals surface area contributed by atoms with Crippen LogP contribution in [0.3, 0.4) is 0 Å². The van der Waals surface area contributed by atoms with E-state index in [4.69, 9.17) is 0 Å². The van der Waals surface area contributed by atoms with Gasteiger partial charge < -0.3 is 5.11 Å². The van der Waals surface area contributed by atoms with Gasteiger partial charge in [0.2, 0.25) is 0 Å². The lowest BCUT2D eigenvalue weighted by Crippen LogP contribution is -2.08. The highest BCUT2D eigenvalue weighted by atomic mass is 19.4. The summed E-state index contributed by atoms with van der Waals surface area (Å²) >= 11 is 0. The van der Waals surface area contributed by atoms with Crippen LogP contribution in [-0.4, -0.2) is 5.11 Å². The van der Waals surface area contributed by atoms with E-state index in [9.17, 15) is 23.2 Å². The van der Waals surface area contributed by atoms with Crippen LogP contribution < -0.4 is 0 Å². The zero-order valence-corrected chi connectivity index (χ0v) is 17.2. The molecule has 160 valence electrons. The third kappa shape index (κ3) is 5.02. The number of hydrogen-bond acceptors (Lipinski definition) is 3. The van der Waals surface area contributed by atoms with Gasteiger partial charge in [-0.2, -0.15) is 13.2 Å². The van der Waals surface area contributed by atoms with Crippen LogP contribution in [0.5, 0.6) is 5.75 Å². The van der Waals surface area contributed by atoms with Crippen molar-refractivity contribution in [2.45, 2.75) is 32.9 Å². The fourth-order valence-corrected chi connectivity index (χ4v) is 3.61. The normalized spacial score (nSPS) is 12.4. The highest BCUT2D eigenvalue weighted by Gasteiger charge is 2.32. The van der Waals surface area contributed by atoms with Crippen molar-refractivity contribution in [2.75, 3.05) is 0 Å². The number of rotatable bonds is 6. The van der Waals surface area contributed by atoms with Crippen molar-refractivity contribution in [1.29, 1.82) is 0 Å². The molecule has 3 nitrogen and oxygen atoms in total. The molecule has 3 rings (SSSR count). The Morgan fingerprint density at radius 3 is 1.97 bits per heavy atom. The second kappa shape index (κ2) is 9.16. The van der Waals surface area contributed by atoms with Gasteiger partial charge in [0.25, 0.3) is 0 Å². The number of hydrogen-bond donors (Lipinski definition) is 1. The maximum atomic E-state index is 13.6. The molecule has 3 aromatic rings. The molecule has 0 saturated heterocycles. The maximum absolute atomic E-state index is 13.6. The monoisotopic (exact) mass is 425 g/mol. The molecular formula is C25H22F3NO2. The summed E-state index contributed by atoms with van der Waals surface area (Å²) in [6.07, 6.45) is -3.18. The molecule has 0 unspecified atom stereocenters. The molecule has 0 aromatic heterocycles. The molecular weight excluding hydrogens is 403 g/mol. The lowest BCUT2D eigenvalue weighted by Gasteiger charge is -2.19. The van der Waals surface area contributed by atoms with Gasteiger partial charge in [-0.1, -0.05) is 49.7 Å². The number of aromatic hydroxyl groups is 1. The van der Waals surface area contributed by atoms with Crippen LogP contribution in [0.2, 0.25) is 0 Å². The number of nitrogens with zero attached hydrogens (tertiary/aromatic N) is 1. The third-order valence-corrected chi connectivity index (χ3v) is 5.11. The summed E-state index contributed by atoms with van der Waals surface area (Å²) in [5.74, 6) is 0.0929. The van der Waals surface area contributed by atoms with Gasteiger partial charge in [0.05, 0.1) is 5.56 Å². The number of nitroso groups, excluding NO2 is 1. The van der Waals surface area contributed by atoms with E-state index in [0.29, 0.717) is 12.0 Å². The van der Waals surface area contributed by atoms with Crippen molar-refractivity contribution >= 4 is 16.8 Å². The molecule has 0 atom stereocenters. The van der Waals surface area contributed by atoms with Gasteiger partial charge in [-0.25, -0.2) is 0 Å². The summed E-state index contributed by atoms with van der Waals surface area (Å²) in [7, 11) is 0. The lowest BCUT2D eigenvalue weighted by atomic mass is 9.86. The van der Waals surface area contributed by atoms with E-state index < -0.39 is 11.7 Å². The first-order valence-corrected chi connectivity index (χ1v) is 9.89. The van der Waals surface area contributed by atoms with Crippen molar-refractivity contribution in [1.82, 2.24) is 0 Å². The predicted octanol–water partition coefficient (Wildman–Crippen LogP) is 7.88. The molecule has 0 aliphatic carbocycles.